The fourth-order valence-corrected chi connectivity index (χ4v) is 1.70. The Labute approximate surface area is 86.8 Å². The van der Waals surface area contributed by atoms with Crippen molar-refractivity contribution >= 4 is 0 Å². The largest absolute Gasteiger partial charge is 0.390 e. The van der Waals surface area contributed by atoms with Gasteiger partial charge in [0.1, 0.15) is 0 Å². The Hall–Kier alpha value is -0.820. The van der Waals surface area contributed by atoms with Gasteiger partial charge in [0.25, 0.3) is 0 Å². The van der Waals surface area contributed by atoms with Crippen LogP contribution < -0.4 is 0 Å². The van der Waals surface area contributed by atoms with Crippen LogP contribution in [0.2, 0.25) is 0 Å². The Kier molecular flexibility index (Phi) is 3.70. The Morgan fingerprint density at radius 1 is 1.21 bits per heavy atom. The Morgan fingerprint density at radius 3 is 2.36 bits per heavy atom. The minimum absolute atomic E-state index is 0.520. The average Bonchev–Trinajstić information content (AvgIpc) is 2.18. The van der Waals surface area contributed by atoms with E-state index in [9.17, 15) is 5.11 Å². The molecule has 1 rings (SSSR count). The summed E-state index contributed by atoms with van der Waals surface area (Å²) in [5.41, 5.74) is 1.97. The van der Waals surface area contributed by atoms with Crippen LogP contribution in [0.25, 0.3) is 0 Å². The van der Waals surface area contributed by atoms with Crippen LogP contribution in [-0.4, -0.2) is 10.7 Å². The molecular formula is C13H20O. The zero-order valence-electron chi connectivity index (χ0n) is 9.38. The highest BCUT2D eigenvalue weighted by Crippen LogP contribution is 2.21. The maximum Gasteiger partial charge on any atom is 0.0682 e. The maximum atomic E-state index is 10.2. The van der Waals surface area contributed by atoms with Gasteiger partial charge in [0.2, 0.25) is 0 Å². The molecule has 0 fully saturated rings. The third-order valence-electron chi connectivity index (χ3n) is 2.93. The molecule has 0 amide bonds. The third-order valence-corrected chi connectivity index (χ3v) is 2.93. The van der Waals surface area contributed by atoms with Gasteiger partial charge in [-0.15, -0.1) is 0 Å². The SMILES string of the molecule is CCC(O)(CC)Cc1cccc(C)c1. The molecule has 0 aromatic heterocycles. The van der Waals surface area contributed by atoms with Gasteiger partial charge in [0, 0.05) is 6.42 Å². The van der Waals surface area contributed by atoms with Crippen LogP contribution >= 0.6 is 0 Å². The van der Waals surface area contributed by atoms with Crippen molar-refractivity contribution in [3.8, 4) is 0 Å². The van der Waals surface area contributed by atoms with Crippen LogP contribution in [-0.2, 0) is 6.42 Å². The number of rotatable bonds is 4. The second kappa shape index (κ2) is 4.61. The Morgan fingerprint density at radius 2 is 1.86 bits per heavy atom. The molecule has 0 aliphatic carbocycles. The zero-order valence-corrected chi connectivity index (χ0v) is 9.38. The van der Waals surface area contributed by atoms with Gasteiger partial charge in [0.15, 0.2) is 0 Å². The van der Waals surface area contributed by atoms with Gasteiger partial charge in [-0.2, -0.15) is 0 Å². The van der Waals surface area contributed by atoms with Gasteiger partial charge in [0.05, 0.1) is 5.60 Å². The minimum Gasteiger partial charge on any atom is -0.390 e. The zero-order chi connectivity index (χ0) is 10.6. The smallest absolute Gasteiger partial charge is 0.0682 e. The van der Waals surface area contributed by atoms with E-state index in [0.717, 1.165) is 19.3 Å². The van der Waals surface area contributed by atoms with E-state index in [1.54, 1.807) is 0 Å². The number of hydrogen-bond acceptors (Lipinski definition) is 1. The molecule has 1 nitrogen and oxygen atoms in total. The second-order valence-corrected chi connectivity index (χ2v) is 4.10. The van der Waals surface area contributed by atoms with Crippen LogP contribution in [0.15, 0.2) is 24.3 Å². The molecule has 0 saturated heterocycles. The number of aliphatic hydroxyl groups is 1. The van der Waals surface area contributed by atoms with E-state index in [4.69, 9.17) is 0 Å². The molecule has 0 saturated carbocycles. The van der Waals surface area contributed by atoms with Crippen molar-refractivity contribution < 1.29 is 5.11 Å². The van der Waals surface area contributed by atoms with E-state index < -0.39 is 5.60 Å². The van der Waals surface area contributed by atoms with Crippen molar-refractivity contribution in [2.45, 2.75) is 45.6 Å². The highest BCUT2D eigenvalue weighted by molar-refractivity contribution is 5.23. The van der Waals surface area contributed by atoms with Crippen LogP contribution in [0.5, 0.6) is 0 Å². The molecule has 1 aromatic rings. The van der Waals surface area contributed by atoms with Crippen molar-refractivity contribution in [1.29, 1.82) is 0 Å². The topological polar surface area (TPSA) is 20.2 Å². The summed E-state index contributed by atoms with van der Waals surface area (Å²) in [4.78, 5) is 0. The van der Waals surface area contributed by atoms with Crippen LogP contribution in [0.4, 0.5) is 0 Å². The standard InChI is InChI=1S/C13H20O/c1-4-13(14,5-2)10-12-8-6-7-11(3)9-12/h6-9,14H,4-5,10H2,1-3H3. The first-order valence-electron chi connectivity index (χ1n) is 5.37. The molecule has 0 spiro atoms. The first kappa shape index (κ1) is 11.3. The molecule has 1 N–H and O–H groups in total. The van der Waals surface area contributed by atoms with Crippen molar-refractivity contribution in [1.82, 2.24) is 0 Å². The second-order valence-electron chi connectivity index (χ2n) is 4.10. The lowest BCUT2D eigenvalue weighted by Crippen LogP contribution is -2.29. The molecule has 1 heteroatoms. The first-order chi connectivity index (χ1) is 6.59. The van der Waals surface area contributed by atoms with E-state index in [0.29, 0.717) is 0 Å². The molecular weight excluding hydrogens is 172 g/mol. The first-order valence-corrected chi connectivity index (χ1v) is 5.37. The van der Waals surface area contributed by atoms with Gasteiger partial charge >= 0.3 is 0 Å². The monoisotopic (exact) mass is 192 g/mol. The fraction of sp³-hybridized carbons (Fsp3) is 0.538. The molecule has 0 radical (unpaired) electrons. The van der Waals surface area contributed by atoms with Crippen LogP contribution in [0.1, 0.15) is 37.8 Å². The van der Waals surface area contributed by atoms with E-state index in [2.05, 4.69) is 31.2 Å². The fourth-order valence-electron chi connectivity index (χ4n) is 1.70. The normalized spacial score (nSPS) is 11.7. The lowest BCUT2D eigenvalue weighted by molar-refractivity contribution is 0.0326. The summed E-state index contributed by atoms with van der Waals surface area (Å²) in [6.45, 7) is 6.17. The van der Waals surface area contributed by atoms with Crippen molar-refractivity contribution in [2.24, 2.45) is 0 Å². The summed E-state index contributed by atoms with van der Waals surface area (Å²) in [6.07, 6.45) is 2.40. The molecule has 0 aliphatic rings. The minimum atomic E-state index is -0.520. The predicted molar refractivity (Wildman–Crippen MR) is 60.4 cm³/mol. The molecule has 0 atom stereocenters. The van der Waals surface area contributed by atoms with Crippen molar-refractivity contribution in [3.63, 3.8) is 0 Å². The van der Waals surface area contributed by atoms with Gasteiger partial charge in [-0.25, -0.2) is 0 Å². The van der Waals surface area contributed by atoms with E-state index in [1.807, 2.05) is 13.8 Å². The molecule has 1 aromatic carbocycles. The van der Waals surface area contributed by atoms with E-state index in [-0.39, 0.29) is 0 Å². The van der Waals surface area contributed by atoms with Crippen molar-refractivity contribution in [2.75, 3.05) is 0 Å². The van der Waals surface area contributed by atoms with Crippen LogP contribution in [0, 0.1) is 6.92 Å². The van der Waals surface area contributed by atoms with Gasteiger partial charge < -0.3 is 5.11 Å². The van der Waals surface area contributed by atoms with E-state index >= 15 is 0 Å². The maximum absolute atomic E-state index is 10.2. The summed E-state index contributed by atoms with van der Waals surface area (Å²) in [5, 5.41) is 10.2. The number of aryl methyl sites for hydroxylation is 1. The Balaban J connectivity index is 2.77. The van der Waals surface area contributed by atoms with Crippen molar-refractivity contribution in [3.05, 3.63) is 35.4 Å². The molecule has 0 aliphatic heterocycles. The lowest BCUT2D eigenvalue weighted by Gasteiger charge is -2.25. The Bertz CT molecular complexity index is 287. The summed E-state index contributed by atoms with van der Waals surface area (Å²) < 4.78 is 0. The lowest BCUT2D eigenvalue weighted by atomic mass is 9.89. The van der Waals surface area contributed by atoms with Gasteiger partial charge in [-0.3, -0.25) is 0 Å². The van der Waals surface area contributed by atoms with Gasteiger partial charge in [-0.1, -0.05) is 43.7 Å². The summed E-state index contributed by atoms with van der Waals surface area (Å²) in [5.74, 6) is 0. The number of hydrogen-bond donors (Lipinski definition) is 1. The molecule has 78 valence electrons. The average molecular weight is 192 g/mol. The molecule has 0 heterocycles. The summed E-state index contributed by atoms with van der Waals surface area (Å²) in [6, 6.07) is 8.37. The third kappa shape index (κ3) is 2.85. The highest BCUT2D eigenvalue weighted by atomic mass is 16.3. The quantitative estimate of drug-likeness (QED) is 0.777. The highest BCUT2D eigenvalue weighted by Gasteiger charge is 2.22. The van der Waals surface area contributed by atoms with Crippen LogP contribution in [0.3, 0.4) is 0 Å². The molecule has 14 heavy (non-hydrogen) atoms. The van der Waals surface area contributed by atoms with Gasteiger partial charge in [-0.05, 0) is 25.3 Å². The molecule has 0 bridgehead atoms. The molecule has 0 unspecified atom stereocenters. The summed E-state index contributed by atoms with van der Waals surface area (Å²) in [7, 11) is 0. The van der Waals surface area contributed by atoms with E-state index in [1.165, 1.54) is 11.1 Å². The number of benzene rings is 1. The summed E-state index contributed by atoms with van der Waals surface area (Å²) >= 11 is 0. The predicted octanol–water partition coefficient (Wildman–Crippen LogP) is 3.09.